The second-order valence-corrected chi connectivity index (χ2v) is 2.96. The van der Waals surface area contributed by atoms with Gasteiger partial charge >= 0.3 is 6.61 Å². The fourth-order valence-electron chi connectivity index (χ4n) is 1.13. The zero-order valence-corrected chi connectivity index (χ0v) is 8.13. The topological polar surface area (TPSA) is 21.3 Å². The fourth-order valence-corrected chi connectivity index (χ4v) is 1.13. The summed E-state index contributed by atoms with van der Waals surface area (Å²) in [6, 6.07) is 6.79. The Balaban J connectivity index is 2.78. The van der Waals surface area contributed by atoms with E-state index in [0.717, 1.165) is 5.56 Å². The van der Waals surface area contributed by atoms with E-state index in [4.69, 9.17) is 0 Å². The minimum atomic E-state index is -2.77. The molecule has 1 atom stereocenters. The molecular formula is C10H13F2NO. The van der Waals surface area contributed by atoms with Gasteiger partial charge in [-0.1, -0.05) is 12.1 Å². The van der Waals surface area contributed by atoms with Crippen LogP contribution in [0.3, 0.4) is 0 Å². The number of benzene rings is 1. The number of ether oxygens (including phenoxy) is 1. The zero-order chi connectivity index (χ0) is 10.6. The molecule has 0 saturated heterocycles. The van der Waals surface area contributed by atoms with Crippen LogP contribution in [-0.2, 0) is 0 Å². The summed E-state index contributed by atoms with van der Waals surface area (Å²) in [5, 5.41) is 3.02. The van der Waals surface area contributed by atoms with Crippen molar-refractivity contribution >= 4 is 0 Å². The summed E-state index contributed by atoms with van der Waals surface area (Å²) >= 11 is 0. The average Bonchev–Trinajstić information content (AvgIpc) is 2.16. The molecule has 0 amide bonds. The van der Waals surface area contributed by atoms with Gasteiger partial charge in [-0.3, -0.25) is 0 Å². The molecule has 0 unspecified atom stereocenters. The van der Waals surface area contributed by atoms with Gasteiger partial charge in [0.1, 0.15) is 5.75 Å². The maximum atomic E-state index is 11.9. The van der Waals surface area contributed by atoms with Gasteiger partial charge in [-0.05, 0) is 31.7 Å². The molecule has 1 aromatic carbocycles. The van der Waals surface area contributed by atoms with Crippen molar-refractivity contribution in [1.82, 2.24) is 5.32 Å². The minimum Gasteiger partial charge on any atom is -0.435 e. The van der Waals surface area contributed by atoms with Crippen molar-refractivity contribution in [3.05, 3.63) is 29.8 Å². The van der Waals surface area contributed by atoms with Gasteiger partial charge in [-0.25, -0.2) is 0 Å². The number of rotatable bonds is 4. The van der Waals surface area contributed by atoms with Crippen molar-refractivity contribution in [1.29, 1.82) is 0 Å². The third kappa shape index (κ3) is 2.96. The first-order chi connectivity index (χ1) is 6.63. The van der Waals surface area contributed by atoms with Crippen molar-refractivity contribution in [2.24, 2.45) is 0 Å². The summed E-state index contributed by atoms with van der Waals surface area (Å²) in [6.45, 7) is -0.822. The van der Waals surface area contributed by atoms with Crippen molar-refractivity contribution in [2.75, 3.05) is 7.05 Å². The first-order valence-corrected chi connectivity index (χ1v) is 4.35. The highest BCUT2D eigenvalue weighted by Crippen LogP contribution is 2.20. The normalized spacial score (nSPS) is 12.9. The molecule has 4 heteroatoms. The number of hydrogen-bond acceptors (Lipinski definition) is 2. The van der Waals surface area contributed by atoms with E-state index in [9.17, 15) is 8.78 Å². The van der Waals surface area contributed by atoms with Crippen LogP contribution in [0.2, 0.25) is 0 Å². The van der Waals surface area contributed by atoms with Crippen LogP contribution in [0.4, 0.5) is 8.78 Å². The van der Waals surface area contributed by atoms with Crippen LogP contribution in [0.15, 0.2) is 24.3 Å². The number of alkyl halides is 2. The molecule has 1 N–H and O–H groups in total. The summed E-state index contributed by atoms with van der Waals surface area (Å²) in [4.78, 5) is 0. The Labute approximate surface area is 81.9 Å². The number of nitrogens with one attached hydrogen (secondary N) is 1. The Morgan fingerprint density at radius 2 is 2.07 bits per heavy atom. The Morgan fingerprint density at radius 3 is 2.64 bits per heavy atom. The summed E-state index contributed by atoms with van der Waals surface area (Å²) in [5.41, 5.74) is 0.922. The lowest BCUT2D eigenvalue weighted by Crippen LogP contribution is -2.12. The van der Waals surface area contributed by atoms with E-state index in [0.29, 0.717) is 0 Å². The lowest BCUT2D eigenvalue weighted by atomic mass is 10.1. The van der Waals surface area contributed by atoms with E-state index in [1.807, 2.05) is 20.0 Å². The lowest BCUT2D eigenvalue weighted by molar-refractivity contribution is -0.0499. The highest BCUT2D eigenvalue weighted by atomic mass is 19.3. The Hall–Kier alpha value is -1.16. The van der Waals surface area contributed by atoms with Gasteiger partial charge in [-0.2, -0.15) is 8.78 Å². The van der Waals surface area contributed by atoms with Gasteiger partial charge in [0.2, 0.25) is 0 Å². The van der Waals surface area contributed by atoms with Crippen molar-refractivity contribution < 1.29 is 13.5 Å². The largest absolute Gasteiger partial charge is 0.435 e. The number of halogens is 2. The summed E-state index contributed by atoms with van der Waals surface area (Å²) in [5.74, 6) is 0.194. The molecule has 0 aromatic heterocycles. The molecule has 14 heavy (non-hydrogen) atoms. The summed E-state index contributed by atoms with van der Waals surface area (Å²) in [7, 11) is 1.81. The monoisotopic (exact) mass is 201 g/mol. The Morgan fingerprint density at radius 1 is 1.36 bits per heavy atom. The molecule has 0 saturated carbocycles. The van der Waals surface area contributed by atoms with Crippen LogP contribution >= 0.6 is 0 Å². The van der Waals surface area contributed by atoms with Crippen LogP contribution in [0.5, 0.6) is 5.75 Å². The van der Waals surface area contributed by atoms with Crippen LogP contribution in [0.1, 0.15) is 18.5 Å². The van der Waals surface area contributed by atoms with E-state index < -0.39 is 6.61 Å². The Kier molecular flexibility index (Phi) is 3.83. The van der Waals surface area contributed by atoms with Gasteiger partial charge in [0, 0.05) is 6.04 Å². The molecule has 0 bridgehead atoms. The van der Waals surface area contributed by atoms with E-state index in [1.165, 1.54) is 6.07 Å². The molecule has 0 heterocycles. The zero-order valence-electron chi connectivity index (χ0n) is 8.13. The molecule has 2 nitrogen and oxygen atoms in total. The van der Waals surface area contributed by atoms with Gasteiger partial charge in [0.15, 0.2) is 0 Å². The summed E-state index contributed by atoms with van der Waals surface area (Å²) in [6.07, 6.45) is 0. The molecular weight excluding hydrogens is 188 g/mol. The van der Waals surface area contributed by atoms with Crippen LogP contribution in [0, 0.1) is 0 Å². The van der Waals surface area contributed by atoms with Gasteiger partial charge in [0.05, 0.1) is 0 Å². The molecule has 0 radical (unpaired) electrons. The van der Waals surface area contributed by atoms with Gasteiger partial charge in [0.25, 0.3) is 0 Å². The van der Waals surface area contributed by atoms with E-state index >= 15 is 0 Å². The minimum absolute atomic E-state index is 0.122. The van der Waals surface area contributed by atoms with Gasteiger partial charge in [-0.15, -0.1) is 0 Å². The van der Waals surface area contributed by atoms with Crippen LogP contribution < -0.4 is 10.1 Å². The standard InChI is InChI=1S/C10H13F2NO/c1-7(13-2)8-4-3-5-9(6-8)14-10(11)12/h3-7,10,13H,1-2H3/t7-/m0/s1. The maximum absolute atomic E-state index is 11.9. The van der Waals surface area contributed by atoms with Crippen molar-refractivity contribution in [2.45, 2.75) is 19.6 Å². The average molecular weight is 201 g/mol. The third-order valence-corrected chi connectivity index (χ3v) is 2.02. The molecule has 0 aliphatic carbocycles. The molecule has 78 valence electrons. The summed E-state index contributed by atoms with van der Waals surface area (Å²) < 4.78 is 28.1. The quantitative estimate of drug-likeness (QED) is 0.808. The lowest BCUT2D eigenvalue weighted by Gasteiger charge is -2.12. The molecule has 0 spiro atoms. The van der Waals surface area contributed by atoms with Gasteiger partial charge < -0.3 is 10.1 Å². The smallest absolute Gasteiger partial charge is 0.387 e. The number of hydrogen-bond donors (Lipinski definition) is 1. The molecule has 0 aliphatic rings. The fraction of sp³-hybridized carbons (Fsp3) is 0.400. The Bertz CT molecular complexity index is 291. The first kappa shape index (κ1) is 10.9. The second kappa shape index (κ2) is 4.91. The predicted molar refractivity (Wildman–Crippen MR) is 50.5 cm³/mol. The van der Waals surface area contributed by atoms with Crippen LogP contribution in [-0.4, -0.2) is 13.7 Å². The first-order valence-electron chi connectivity index (χ1n) is 4.35. The van der Waals surface area contributed by atoms with E-state index in [-0.39, 0.29) is 11.8 Å². The second-order valence-electron chi connectivity index (χ2n) is 2.96. The molecule has 1 aromatic rings. The molecule has 1 rings (SSSR count). The van der Waals surface area contributed by atoms with E-state index in [2.05, 4.69) is 10.1 Å². The third-order valence-electron chi connectivity index (χ3n) is 2.02. The highest BCUT2D eigenvalue weighted by Gasteiger charge is 2.07. The highest BCUT2D eigenvalue weighted by molar-refractivity contribution is 5.30. The predicted octanol–water partition coefficient (Wildman–Crippen LogP) is 2.57. The van der Waals surface area contributed by atoms with Crippen LogP contribution in [0.25, 0.3) is 0 Å². The van der Waals surface area contributed by atoms with Crippen molar-refractivity contribution in [3.8, 4) is 5.75 Å². The maximum Gasteiger partial charge on any atom is 0.387 e. The van der Waals surface area contributed by atoms with E-state index in [1.54, 1.807) is 12.1 Å². The van der Waals surface area contributed by atoms with Crippen molar-refractivity contribution in [3.63, 3.8) is 0 Å². The molecule has 0 fully saturated rings. The SMILES string of the molecule is CN[C@@H](C)c1cccc(OC(F)F)c1. The molecule has 0 aliphatic heterocycles.